The highest BCUT2D eigenvalue weighted by Gasteiger charge is 2.11. The van der Waals surface area contributed by atoms with Gasteiger partial charge in [0, 0.05) is 11.8 Å². The molecule has 4 rings (SSSR count). The summed E-state index contributed by atoms with van der Waals surface area (Å²) in [6.45, 7) is 2.27. The van der Waals surface area contributed by atoms with E-state index in [-0.39, 0.29) is 23.7 Å². The lowest BCUT2D eigenvalue weighted by atomic mass is 10.2. The molecule has 8 heteroatoms. The van der Waals surface area contributed by atoms with E-state index in [0.717, 1.165) is 5.75 Å². The Kier molecular flexibility index (Phi) is 6.98. The average molecular weight is 461 g/mol. The SMILES string of the molecule is CCOc1ccc(NC(=O)COc2ccc3c(=O)c(Oc4ccc(OC)cc4)coc3c2)cc1. The predicted octanol–water partition coefficient (Wildman–Crippen LogP) is 5.01. The Morgan fingerprint density at radius 1 is 0.882 bits per heavy atom. The van der Waals surface area contributed by atoms with Gasteiger partial charge in [-0.15, -0.1) is 0 Å². The van der Waals surface area contributed by atoms with Gasteiger partial charge >= 0.3 is 0 Å². The fourth-order valence-corrected chi connectivity index (χ4v) is 3.17. The molecule has 1 amide bonds. The molecule has 0 saturated carbocycles. The molecule has 1 heterocycles. The van der Waals surface area contributed by atoms with Crippen LogP contribution >= 0.6 is 0 Å². The zero-order valence-electron chi connectivity index (χ0n) is 18.7. The molecule has 3 aromatic carbocycles. The summed E-state index contributed by atoms with van der Waals surface area (Å²) in [5, 5.41) is 3.08. The zero-order valence-corrected chi connectivity index (χ0v) is 18.7. The van der Waals surface area contributed by atoms with Gasteiger partial charge in [0.1, 0.15) is 34.8 Å². The van der Waals surface area contributed by atoms with E-state index in [0.29, 0.717) is 40.5 Å². The molecule has 0 radical (unpaired) electrons. The molecular weight excluding hydrogens is 438 g/mol. The number of rotatable bonds is 9. The smallest absolute Gasteiger partial charge is 0.262 e. The fraction of sp³-hybridized carbons (Fsp3) is 0.154. The monoisotopic (exact) mass is 461 g/mol. The highest BCUT2D eigenvalue weighted by atomic mass is 16.5. The van der Waals surface area contributed by atoms with Crippen molar-refractivity contribution in [3.05, 3.63) is 83.2 Å². The van der Waals surface area contributed by atoms with E-state index in [1.165, 1.54) is 6.26 Å². The molecule has 0 atom stereocenters. The second-order valence-corrected chi connectivity index (χ2v) is 7.16. The van der Waals surface area contributed by atoms with Gasteiger partial charge in [0.2, 0.25) is 11.2 Å². The zero-order chi connectivity index (χ0) is 23.9. The third-order valence-corrected chi connectivity index (χ3v) is 4.82. The Bertz CT molecular complexity index is 1330. The minimum Gasteiger partial charge on any atom is -0.497 e. The van der Waals surface area contributed by atoms with E-state index in [1.54, 1.807) is 73.8 Å². The second kappa shape index (κ2) is 10.4. The number of ether oxygens (including phenoxy) is 4. The van der Waals surface area contributed by atoms with Crippen LogP contribution in [0.1, 0.15) is 6.92 Å². The highest BCUT2D eigenvalue weighted by molar-refractivity contribution is 5.92. The highest BCUT2D eigenvalue weighted by Crippen LogP contribution is 2.25. The molecule has 8 nitrogen and oxygen atoms in total. The number of carbonyl (C=O) groups is 1. The van der Waals surface area contributed by atoms with Crippen LogP contribution in [0.3, 0.4) is 0 Å². The number of anilines is 1. The van der Waals surface area contributed by atoms with E-state index in [4.69, 9.17) is 23.4 Å². The van der Waals surface area contributed by atoms with Crippen LogP contribution in [0.15, 0.2) is 82.2 Å². The maximum Gasteiger partial charge on any atom is 0.262 e. The summed E-state index contributed by atoms with van der Waals surface area (Å²) in [4.78, 5) is 25.0. The average Bonchev–Trinajstić information content (AvgIpc) is 2.86. The lowest BCUT2D eigenvalue weighted by Gasteiger charge is -2.09. The van der Waals surface area contributed by atoms with Gasteiger partial charge in [0.25, 0.3) is 5.91 Å². The molecule has 1 aromatic heterocycles. The molecule has 0 fully saturated rings. The van der Waals surface area contributed by atoms with Crippen LogP contribution in [-0.2, 0) is 4.79 Å². The quantitative estimate of drug-likeness (QED) is 0.374. The van der Waals surface area contributed by atoms with E-state index in [1.807, 2.05) is 6.92 Å². The summed E-state index contributed by atoms with van der Waals surface area (Å²) < 4.78 is 27.3. The summed E-state index contributed by atoms with van der Waals surface area (Å²) in [7, 11) is 1.57. The van der Waals surface area contributed by atoms with E-state index < -0.39 is 0 Å². The van der Waals surface area contributed by atoms with Crippen LogP contribution in [0.2, 0.25) is 0 Å². The van der Waals surface area contributed by atoms with Crippen molar-refractivity contribution in [1.29, 1.82) is 0 Å². The number of nitrogens with one attached hydrogen (secondary N) is 1. The summed E-state index contributed by atoms with van der Waals surface area (Å²) in [6.07, 6.45) is 1.25. The van der Waals surface area contributed by atoms with E-state index >= 15 is 0 Å². The number of methoxy groups -OCH3 is 1. The summed E-state index contributed by atoms with van der Waals surface area (Å²) in [5.74, 6) is 2.01. The van der Waals surface area contributed by atoms with Crippen LogP contribution in [0.25, 0.3) is 11.0 Å². The van der Waals surface area contributed by atoms with Crippen molar-refractivity contribution < 1.29 is 28.2 Å². The third kappa shape index (κ3) is 5.47. The molecule has 0 saturated heterocycles. The van der Waals surface area contributed by atoms with Gasteiger partial charge < -0.3 is 28.7 Å². The number of benzene rings is 3. The first kappa shape index (κ1) is 22.7. The first-order valence-corrected chi connectivity index (χ1v) is 10.6. The molecule has 0 bridgehead atoms. The first-order valence-electron chi connectivity index (χ1n) is 10.6. The maximum atomic E-state index is 12.8. The Hall–Kier alpha value is -4.46. The second-order valence-electron chi connectivity index (χ2n) is 7.16. The van der Waals surface area contributed by atoms with Crippen LogP contribution in [0.5, 0.6) is 28.7 Å². The van der Waals surface area contributed by atoms with Gasteiger partial charge in [0.15, 0.2) is 6.61 Å². The summed E-state index contributed by atoms with van der Waals surface area (Å²) in [6, 6.07) is 18.6. The molecule has 1 N–H and O–H groups in total. The molecule has 4 aromatic rings. The molecule has 0 aliphatic rings. The number of amides is 1. The number of carbonyl (C=O) groups excluding carboxylic acids is 1. The van der Waals surface area contributed by atoms with Gasteiger partial charge in [-0.05, 0) is 67.6 Å². The van der Waals surface area contributed by atoms with Crippen molar-refractivity contribution in [2.75, 3.05) is 25.6 Å². The van der Waals surface area contributed by atoms with Crippen molar-refractivity contribution in [3.8, 4) is 28.7 Å². The van der Waals surface area contributed by atoms with Crippen LogP contribution < -0.4 is 29.7 Å². The Balaban J connectivity index is 1.39. The molecule has 34 heavy (non-hydrogen) atoms. The molecule has 0 unspecified atom stereocenters. The van der Waals surface area contributed by atoms with Crippen molar-refractivity contribution >= 4 is 22.6 Å². The topological polar surface area (TPSA) is 96.2 Å². The van der Waals surface area contributed by atoms with Crippen molar-refractivity contribution in [2.45, 2.75) is 6.92 Å². The van der Waals surface area contributed by atoms with Gasteiger partial charge in [-0.2, -0.15) is 0 Å². The Labute approximate surface area is 195 Å². The summed E-state index contributed by atoms with van der Waals surface area (Å²) >= 11 is 0. The predicted molar refractivity (Wildman–Crippen MR) is 127 cm³/mol. The maximum absolute atomic E-state index is 12.8. The lowest BCUT2D eigenvalue weighted by Crippen LogP contribution is -2.20. The number of hydrogen-bond acceptors (Lipinski definition) is 7. The molecule has 0 aliphatic carbocycles. The minimum atomic E-state index is -0.325. The third-order valence-electron chi connectivity index (χ3n) is 4.82. The number of hydrogen-bond donors (Lipinski definition) is 1. The van der Waals surface area contributed by atoms with Crippen LogP contribution in [0.4, 0.5) is 5.69 Å². The van der Waals surface area contributed by atoms with Crippen LogP contribution in [-0.4, -0.2) is 26.2 Å². The molecule has 0 spiro atoms. The van der Waals surface area contributed by atoms with Crippen molar-refractivity contribution in [1.82, 2.24) is 0 Å². The number of fused-ring (bicyclic) bond motifs is 1. The fourth-order valence-electron chi connectivity index (χ4n) is 3.17. The molecule has 0 aliphatic heterocycles. The first-order chi connectivity index (χ1) is 16.6. The van der Waals surface area contributed by atoms with E-state index in [2.05, 4.69) is 5.32 Å². The lowest BCUT2D eigenvalue weighted by molar-refractivity contribution is -0.118. The summed E-state index contributed by atoms with van der Waals surface area (Å²) in [5.41, 5.74) is 0.624. The normalized spacial score (nSPS) is 10.5. The van der Waals surface area contributed by atoms with Gasteiger partial charge in [-0.25, -0.2) is 0 Å². The minimum absolute atomic E-state index is 0.0565. The standard InChI is InChI=1S/C26H23NO7/c1-3-31-19-6-4-17(5-7-19)27-25(28)16-32-21-12-13-22-23(14-21)33-15-24(26(22)29)34-20-10-8-18(30-2)9-11-20/h4-15H,3,16H2,1-2H3,(H,27,28). The van der Waals surface area contributed by atoms with Gasteiger partial charge in [0.05, 0.1) is 19.1 Å². The van der Waals surface area contributed by atoms with Gasteiger partial charge in [-0.3, -0.25) is 9.59 Å². The Morgan fingerprint density at radius 2 is 1.56 bits per heavy atom. The molecule has 174 valence electrons. The molecular formula is C26H23NO7. The van der Waals surface area contributed by atoms with E-state index in [9.17, 15) is 9.59 Å². The van der Waals surface area contributed by atoms with Crippen molar-refractivity contribution in [3.63, 3.8) is 0 Å². The Morgan fingerprint density at radius 3 is 2.26 bits per heavy atom. The van der Waals surface area contributed by atoms with Crippen molar-refractivity contribution in [2.24, 2.45) is 0 Å². The van der Waals surface area contributed by atoms with Gasteiger partial charge in [-0.1, -0.05) is 0 Å². The largest absolute Gasteiger partial charge is 0.497 e. The van der Waals surface area contributed by atoms with Crippen LogP contribution in [0, 0.1) is 0 Å².